The summed E-state index contributed by atoms with van der Waals surface area (Å²) in [5.74, 6) is -1.75. The summed E-state index contributed by atoms with van der Waals surface area (Å²) >= 11 is 10.7. The Hall–Kier alpha value is -0.590. The zero-order valence-electron chi connectivity index (χ0n) is 11.4. The predicted octanol–water partition coefficient (Wildman–Crippen LogP) is 2.00. The van der Waals surface area contributed by atoms with Gasteiger partial charge >= 0.3 is 0 Å². The van der Waals surface area contributed by atoms with Gasteiger partial charge in [0.25, 0.3) is 0 Å². The molecular formula is C12H17Cl2NO4S. The first-order valence-electron chi connectivity index (χ1n) is 6.03. The smallest absolute Gasteiger partial charge is 0.238 e. The molecule has 0 bridgehead atoms. The third-order valence-electron chi connectivity index (χ3n) is 3.79. The van der Waals surface area contributed by atoms with E-state index in [0.29, 0.717) is 6.42 Å². The molecule has 0 aromatic heterocycles. The second-order valence-corrected chi connectivity index (χ2v) is 8.29. The topological polar surface area (TPSA) is 80.3 Å². The van der Waals surface area contributed by atoms with Crippen LogP contribution in [0.1, 0.15) is 27.2 Å². The van der Waals surface area contributed by atoms with Crippen LogP contribution in [0.15, 0.2) is 10.6 Å². The Balaban J connectivity index is 2.70. The van der Waals surface area contributed by atoms with E-state index in [1.807, 2.05) is 4.72 Å². The van der Waals surface area contributed by atoms with Gasteiger partial charge in [0.15, 0.2) is 0 Å². The van der Waals surface area contributed by atoms with Crippen LogP contribution in [0.4, 0.5) is 0 Å². The summed E-state index contributed by atoms with van der Waals surface area (Å²) in [4.78, 5) is 23.4. The minimum absolute atomic E-state index is 0.0127. The first kappa shape index (κ1) is 17.5. The van der Waals surface area contributed by atoms with Gasteiger partial charge in [-0.3, -0.25) is 14.3 Å². The van der Waals surface area contributed by atoms with Crippen LogP contribution < -0.4 is 4.72 Å². The van der Waals surface area contributed by atoms with E-state index in [0.717, 1.165) is 6.08 Å². The van der Waals surface area contributed by atoms with E-state index in [-0.39, 0.29) is 16.2 Å². The van der Waals surface area contributed by atoms with Gasteiger partial charge < -0.3 is 0 Å². The van der Waals surface area contributed by atoms with Crippen LogP contribution in [0.5, 0.6) is 0 Å². The first-order valence-corrected chi connectivity index (χ1v) is 8.44. The summed E-state index contributed by atoms with van der Waals surface area (Å²) in [5.41, 5.74) is -0.536. The van der Waals surface area contributed by atoms with Crippen LogP contribution in [0, 0.1) is 17.3 Å². The molecule has 0 aromatic carbocycles. The van der Waals surface area contributed by atoms with Gasteiger partial charge in [-0.05, 0) is 24.8 Å². The van der Waals surface area contributed by atoms with Crippen LogP contribution in [-0.4, -0.2) is 25.9 Å². The van der Waals surface area contributed by atoms with Gasteiger partial charge in [-0.15, -0.1) is 0 Å². The minimum Gasteiger partial charge on any atom is -0.300 e. The molecule has 1 N–H and O–H groups in total. The number of carbonyl (C=O) groups excluding carboxylic acids is 2. The Kier molecular flexibility index (Phi) is 5.27. The highest BCUT2D eigenvalue weighted by Gasteiger charge is 2.54. The number of hydrogen-bond donors (Lipinski definition) is 1. The molecule has 1 amide bonds. The number of hydrogen-bond acceptors (Lipinski definition) is 4. The molecule has 1 fully saturated rings. The van der Waals surface area contributed by atoms with E-state index in [1.165, 1.54) is 6.92 Å². The first-order chi connectivity index (χ1) is 8.97. The lowest BCUT2D eigenvalue weighted by atomic mass is 9.53. The van der Waals surface area contributed by atoms with Crippen molar-refractivity contribution in [3.05, 3.63) is 10.6 Å². The van der Waals surface area contributed by atoms with Crippen molar-refractivity contribution < 1.29 is 18.0 Å². The van der Waals surface area contributed by atoms with Gasteiger partial charge in [-0.1, -0.05) is 37.0 Å². The number of Topliss-reactive ketones (excluding diaryl/α,β-unsaturated/α-hetero) is 1. The van der Waals surface area contributed by atoms with Crippen molar-refractivity contribution in [1.29, 1.82) is 0 Å². The summed E-state index contributed by atoms with van der Waals surface area (Å²) in [7, 11) is -3.81. The third kappa shape index (κ3) is 3.96. The fourth-order valence-corrected chi connectivity index (χ4v) is 3.75. The number of carbonyl (C=O) groups is 2. The van der Waals surface area contributed by atoms with Crippen molar-refractivity contribution in [2.24, 2.45) is 17.3 Å². The number of ketones is 1. The molecule has 0 saturated heterocycles. The van der Waals surface area contributed by atoms with Gasteiger partial charge in [0.05, 0.1) is 5.75 Å². The SMILES string of the molecule is CC(=O)[C@@H]1C[C@H](C(=O)NS(=O)(=O)CC=C(Cl)Cl)C1(C)C. The van der Waals surface area contributed by atoms with Gasteiger partial charge in [-0.2, -0.15) is 0 Å². The summed E-state index contributed by atoms with van der Waals surface area (Å²) in [5, 5.41) is 0. The molecule has 2 atom stereocenters. The highest BCUT2D eigenvalue weighted by molar-refractivity contribution is 7.90. The zero-order chi connectivity index (χ0) is 15.7. The zero-order valence-corrected chi connectivity index (χ0v) is 13.8. The van der Waals surface area contributed by atoms with Gasteiger partial charge in [0.2, 0.25) is 15.9 Å². The Morgan fingerprint density at radius 1 is 1.30 bits per heavy atom. The summed E-state index contributed by atoms with van der Waals surface area (Å²) in [6, 6.07) is 0. The van der Waals surface area contributed by atoms with Crippen LogP contribution in [0.2, 0.25) is 0 Å². The van der Waals surface area contributed by atoms with Crippen molar-refractivity contribution in [2.45, 2.75) is 27.2 Å². The van der Waals surface area contributed by atoms with Crippen molar-refractivity contribution in [3.63, 3.8) is 0 Å². The second-order valence-electron chi connectivity index (χ2n) is 5.51. The Bertz CT molecular complexity index is 550. The molecule has 1 aliphatic rings. The molecule has 114 valence electrons. The predicted molar refractivity (Wildman–Crippen MR) is 77.8 cm³/mol. The van der Waals surface area contributed by atoms with Gasteiger partial charge in [0, 0.05) is 11.8 Å². The average molecular weight is 342 g/mol. The number of sulfonamides is 1. The molecule has 8 heteroatoms. The molecule has 0 unspecified atom stereocenters. The second kappa shape index (κ2) is 6.03. The van der Waals surface area contributed by atoms with Crippen LogP contribution in [0.3, 0.4) is 0 Å². The lowest BCUT2D eigenvalue weighted by molar-refractivity contribution is -0.147. The molecular weight excluding hydrogens is 325 g/mol. The fourth-order valence-electron chi connectivity index (χ4n) is 2.50. The number of nitrogens with one attached hydrogen (secondary N) is 1. The normalized spacial score (nSPS) is 24.4. The minimum atomic E-state index is -3.81. The highest BCUT2D eigenvalue weighted by atomic mass is 35.5. The van der Waals surface area contributed by atoms with Crippen molar-refractivity contribution in [1.82, 2.24) is 4.72 Å². The van der Waals surface area contributed by atoms with E-state index in [2.05, 4.69) is 0 Å². The fraction of sp³-hybridized carbons (Fsp3) is 0.667. The molecule has 0 heterocycles. The quantitative estimate of drug-likeness (QED) is 0.829. The number of rotatable bonds is 5. The molecule has 1 saturated carbocycles. The van der Waals surface area contributed by atoms with Crippen LogP contribution in [-0.2, 0) is 19.6 Å². The molecule has 0 aliphatic heterocycles. The number of amides is 1. The van der Waals surface area contributed by atoms with Gasteiger partial charge in [-0.25, -0.2) is 8.42 Å². The monoisotopic (exact) mass is 341 g/mol. The Morgan fingerprint density at radius 2 is 1.85 bits per heavy atom. The van der Waals surface area contributed by atoms with E-state index >= 15 is 0 Å². The van der Waals surface area contributed by atoms with E-state index < -0.39 is 33.0 Å². The largest absolute Gasteiger partial charge is 0.300 e. The maximum absolute atomic E-state index is 12.0. The van der Waals surface area contributed by atoms with E-state index in [9.17, 15) is 18.0 Å². The standard InChI is InChI=1S/C12H17Cl2NO4S/c1-7(16)8-6-9(12(8,2)3)11(17)15-20(18,19)5-4-10(13)14/h4,8-9H,5-6H2,1-3H3,(H,15,17)/t8-,9+/m0/s1. The summed E-state index contributed by atoms with van der Waals surface area (Å²) in [6.07, 6.45) is 1.46. The van der Waals surface area contributed by atoms with Crippen molar-refractivity contribution in [2.75, 3.05) is 5.75 Å². The molecule has 0 aromatic rings. The van der Waals surface area contributed by atoms with E-state index in [1.54, 1.807) is 13.8 Å². The van der Waals surface area contributed by atoms with Crippen molar-refractivity contribution >= 4 is 44.9 Å². The Labute approximate surface area is 128 Å². The van der Waals surface area contributed by atoms with Crippen LogP contribution >= 0.6 is 23.2 Å². The van der Waals surface area contributed by atoms with Gasteiger partial charge in [0.1, 0.15) is 10.3 Å². The molecule has 1 aliphatic carbocycles. The summed E-state index contributed by atoms with van der Waals surface area (Å²) in [6.45, 7) is 5.05. The lowest BCUT2D eigenvalue weighted by Crippen LogP contribution is -2.55. The van der Waals surface area contributed by atoms with E-state index in [4.69, 9.17) is 23.2 Å². The summed E-state index contributed by atoms with van der Waals surface area (Å²) < 4.78 is 25.1. The number of halogens is 2. The average Bonchev–Trinajstić information content (AvgIpc) is 2.23. The van der Waals surface area contributed by atoms with Crippen LogP contribution in [0.25, 0.3) is 0 Å². The Morgan fingerprint density at radius 3 is 2.25 bits per heavy atom. The molecule has 20 heavy (non-hydrogen) atoms. The lowest BCUT2D eigenvalue weighted by Gasteiger charge is -2.49. The molecule has 5 nitrogen and oxygen atoms in total. The molecule has 1 rings (SSSR count). The molecule has 0 spiro atoms. The maximum Gasteiger partial charge on any atom is 0.238 e. The van der Waals surface area contributed by atoms with Crippen molar-refractivity contribution in [3.8, 4) is 0 Å². The maximum atomic E-state index is 12.0. The third-order valence-corrected chi connectivity index (χ3v) is 5.21. The molecule has 0 radical (unpaired) electrons. The highest BCUT2D eigenvalue weighted by Crippen LogP contribution is 2.51.